The average molecular weight is 567 g/mol. The van der Waals surface area contributed by atoms with Crippen LogP contribution in [0.5, 0.6) is 0 Å². The topological polar surface area (TPSA) is 139 Å². The lowest BCUT2D eigenvalue weighted by Gasteiger charge is -2.34. The van der Waals surface area contributed by atoms with Crippen LogP contribution in [-0.2, 0) is 14.8 Å². The van der Waals surface area contributed by atoms with Crippen molar-refractivity contribution in [3.63, 3.8) is 0 Å². The van der Waals surface area contributed by atoms with Gasteiger partial charge in [-0.2, -0.15) is 4.31 Å². The van der Waals surface area contributed by atoms with Gasteiger partial charge in [0.05, 0.1) is 17.1 Å². The monoisotopic (exact) mass is 566 g/mol. The quantitative estimate of drug-likeness (QED) is 0.124. The van der Waals surface area contributed by atoms with E-state index in [0.717, 1.165) is 11.1 Å². The Hall–Kier alpha value is -3.24. The predicted molar refractivity (Wildman–Crippen MR) is 160 cm³/mol. The molecule has 3 aromatic carbocycles. The molecule has 1 amide bonds. The Morgan fingerprint density at radius 1 is 0.875 bits per heavy atom. The van der Waals surface area contributed by atoms with E-state index in [2.05, 4.69) is 5.32 Å². The molecule has 3 aromatic rings. The van der Waals surface area contributed by atoms with Crippen LogP contribution in [0.25, 0.3) is 0 Å². The molecule has 0 heterocycles. The van der Waals surface area contributed by atoms with Gasteiger partial charge in [0.15, 0.2) is 0 Å². The van der Waals surface area contributed by atoms with Gasteiger partial charge in [-0.25, -0.2) is 8.42 Å². The molecule has 8 nitrogen and oxygen atoms in total. The molecule has 2 atom stereocenters. The van der Waals surface area contributed by atoms with Crippen molar-refractivity contribution in [2.24, 2.45) is 11.7 Å². The van der Waals surface area contributed by atoms with Gasteiger partial charge in [-0.05, 0) is 60.6 Å². The Morgan fingerprint density at radius 3 is 1.93 bits per heavy atom. The molecule has 0 radical (unpaired) electrons. The Morgan fingerprint density at radius 2 is 1.43 bits per heavy atom. The first-order chi connectivity index (χ1) is 19.1. The van der Waals surface area contributed by atoms with Gasteiger partial charge in [0.25, 0.3) is 0 Å². The maximum atomic E-state index is 13.9. The van der Waals surface area contributed by atoms with Crippen molar-refractivity contribution < 1.29 is 18.3 Å². The number of nitrogens with zero attached hydrogens (tertiary/aromatic N) is 1. The summed E-state index contributed by atoms with van der Waals surface area (Å²) in [5.74, 6) is -0.869. The minimum absolute atomic E-state index is 0.00420. The molecule has 9 heteroatoms. The molecular formula is C31H42N4O4S. The van der Waals surface area contributed by atoms with E-state index in [-0.39, 0.29) is 24.0 Å². The number of benzene rings is 3. The van der Waals surface area contributed by atoms with E-state index in [1.54, 1.807) is 12.1 Å². The van der Waals surface area contributed by atoms with Gasteiger partial charge in [-0.15, -0.1) is 0 Å². The predicted octanol–water partition coefficient (Wildman–Crippen LogP) is 4.07. The number of hydrogen-bond donors (Lipinski definition) is 4. The Kier molecular flexibility index (Phi) is 11.7. The van der Waals surface area contributed by atoms with E-state index in [0.29, 0.717) is 31.4 Å². The molecule has 1 unspecified atom stereocenters. The molecule has 0 aliphatic heterocycles. The highest BCUT2D eigenvalue weighted by atomic mass is 32.2. The zero-order chi connectivity index (χ0) is 29.1. The number of nitrogens with one attached hydrogen (secondary N) is 1. The summed E-state index contributed by atoms with van der Waals surface area (Å²) in [6.45, 7) is 4.12. The highest BCUT2D eigenvalue weighted by Gasteiger charge is 2.35. The largest absolute Gasteiger partial charge is 0.399 e. The second-order valence-electron chi connectivity index (χ2n) is 10.5. The summed E-state index contributed by atoms with van der Waals surface area (Å²) in [5.41, 5.74) is 14.7. The lowest BCUT2D eigenvalue weighted by atomic mass is 9.85. The van der Waals surface area contributed by atoms with Crippen molar-refractivity contribution >= 4 is 21.6 Å². The van der Waals surface area contributed by atoms with Crippen molar-refractivity contribution in [2.75, 3.05) is 18.9 Å². The van der Waals surface area contributed by atoms with E-state index < -0.39 is 34.1 Å². The van der Waals surface area contributed by atoms with Crippen LogP contribution in [0, 0.1) is 5.92 Å². The van der Waals surface area contributed by atoms with Crippen molar-refractivity contribution in [2.45, 2.75) is 62.6 Å². The molecule has 0 bridgehead atoms. The summed E-state index contributed by atoms with van der Waals surface area (Å²) >= 11 is 0. The fourth-order valence-electron chi connectivity index (χ4n) is 4.78. The molecule has 0 fully saturated rings. The lowest BCUT2D eigenvalue weighted by Crippen LogP contribution is -2.56. The second-order valence-corrected chi connectivity index (χ2v) is 12.4. The number of nitrogen functional groups attached to an aromatic ring is 1. The molecule has 40 heavy (non-hydrogen) atoms. The Balaban J connectivity index is 1.97. The molecule has 0 saturated carbocycles. The van der Waals surface area contributed by atoms with E-state index in [4.69, 9.17) is 11.5 Å². The molecule has 0 saturated heterocycles. The van der Waals surface area contributed by atoms with Crippen molar-refractivity contribution in [3.8, 4) is 0 Å². The van der Waals surface area contributed by atoms with Crippen molar-refractivity contribution in [1.82, 2.24) is 9.62 Å². The fourth-order valence-corrected chi connectivity index (χ4v) is 6.52. The van der Waals surface area contributed by atoms with Gasteiger partial charge in [0.1, 0.15) is 0 Å². The minimum atomic E-state index is -3.98. The van der Waals surface area contributed by atoms with Crippen LogP contribution in [0.3, 0.4) is 0 Å². The van der Waals surface area contributed by atoms with Crippen LogP contribution in [0.1, 0.15) is 56.6 Å². The SMILES string of the molecule is CC(C)CN([C@@H](CCCCCO)NC(=O)C(N)C(c1ccccc1)c1ccccc1)S(=O)(=O)c1ccc(N)cc1. The number of sulfonamides is 1. The van der Waals surface area contributed by atoms with Gasteiger partial charge in [-0.3, -0.25) is 4.79 Å². The first-order valence-corrected chi connectivity index (χ1v) is 15.2. The number of aliphatic hydroxyl groups excluding tert-OH is 1. The standard InChI is InChI=1S/C31H42N4O4S/c1-23(2)22-35(40(38,39)27-19-17-26(32)18-20-27)28(16-10-5-11-21-36)34-31(37)30(33)29(24-12-6-3-7-13-24)25-14-8-4-9-15-25/h3-4,6-9,12-15,17-20,23,28-30,36H,5,10-11,16,21-22,32-33H2,1-2H3,(H,34,37)/t28-,30?/m0/s1. The fraction of sp³-hybridized carbons (Fsp3) is 0.387. The zero-order valence-corrected chi connectivity index (χ0v) is 24.1. The number of aliphatic hydroxyl groups is 1. The number of nitrogens with two attached hydrogens (primary N) is 2. The third-order valence-corrected chi connectivity index (χ3v) is 8.69. The second kappa shape index (κ2) is 14.9. The number of carbonyl (C=O) groups is 1. The molecule has 0 aliphatic carbocycles. The van der Waals surface area contributed by atoms with Crippen LogP contribution < -0.4 is 16.8 Å². The first kappa shape index (κ1) is 31.3. The summed E-state index contributed by atoms with van der Waals surface area (Å²) in [5, 5.41) is 12.3. The number of rotatable bonds is 15. The highest BCUT2D eigenvalue weighted by Crippen LogP contribution is 2.28. The minimum Gasteiger partial charge on any atom is -0.399 e. The van der Waals surface area contributed by atoms with Crippen LogP contribution >= 0.6 is 0 Å². The molecule has 3 rings (SSSR count). The molecule has 0 aromatic heterocycles. The summed E-state index contributed by atoms with van der Waals surface area (Å²) < 4.78 is 29.2. The zero-order valence-electron chi connectivity index (χ0n) is 23.3. The maximum absolute atomic E-state index is 13.9. The van der Waals surface area contributed by atoms with Crippen LogP contribution in [0.4, 0.5) is 5.69 Å². The van der Waals surface area contributed by atoms with Gasteiger partial charge in [0, 0.05) is 24.8 Å². The van der Waals surface area contributed by atoms with E-state index in [1.165, 1.54) is 16.4 Å². The smallest absolute Gasteiger partial charge is 0.244 e. The molecule has 0 aliphatic rings. The number of anilines is 1. The van der Waals surface area contributed by atoms with Crippen molar-refractivity contribution in [3.05, 3.63) is 96.1 Å². The normalized spacial score (nSPS) is 13.5. The molecule has 0 spiro atoms. The van der Waals surface area contributed by atoms with Crippen LogP contribution in [-0.4, -0.2) is 49.1 Å². The third kappa shape index (κ3) is 8.38. The van der Waals surface area contributed by atoms with Gasteiger partial charge in [-0.1, -0.05) is 80.9 Å². The van der Waals surface area contributed by atoms with Crippen molar-refractivity contribution in [1.29, 1.82) is 0 Å². The summed E-state index contributed by atoms with van der Waals surface area (Å²) in [6.07, 6.45) is 1.46. The van der Waals surface area contributed by atoms with Gasteiger partial charge >= 0.3 is 0 Å². The van der Waals surface area contributed by atoms with E-state index in [9.17, 15) is 18.3 Å². The van der Waals surface area contributed by atoms with Gasteiger partial charge in [0.2, 0.25) is 15.9 Å². The van der Waals surface area contributed by atoms with Crippen LogP contribution in [0.2, 0.25) is 0 Å². The first-order valence-electron chi connectivity index (χ1n) is 13.8. The van der Waals surface area contributed by atoms with Crippen LogP contribution in [0.15, 0.2) is 89.8 Å². The third-order valence-electron chi connectivity index (χ3n) is 6.80. The highest BCUT2D eigenvalue weighted by molar-refractivity contribution is 7.89. The number of unbranched alkanes of at least 4 members (excludes halogenated alkanes) is 2. The van der Waals surface area contributed by atoms with E-state index in [1.807, 2.05) is 74.5 Å². The number of hydrogen-bond acceptors (Lipinski definition) is 6. The maximum Gasteiger partial charge on any atom is 0.244 e. The summed E-state index contributed by atoms with van der Waals surface area (Å²) in [4.78, 5) is 13.9. The lowest BCUT2D eigenvalue weighted by molar-refractivity contribution is -0.124. The van der Waals surface area contributed by atoms with Gasteiger partial charge < -0.3 is 21.9 Å². The summed E-state index contributed by atoms with van der Waals surface area (Å²) in [7, 11) is -3.98. The summed E-state index contributed by atoms with van der Waals surface area (Å²) in [6, 6.07) is 24.3. The average Bonchev–Trinajstić information content (AvgIpc) is 2.94. The molecule has 216 valence electrons. The molecule has 6 N–H and O–H groups in total. The Labute approximate surface area is 238 Å². The van der Waals surface area contributed by atoms with E-state index >= 15 is 0 Å². The molecular weight excluding hydrogens is 524 g/mol. The Bertz CT molecular complexity index is 1250. The number of carbonyl (C=O) groups excluding carboxylic acids is 1. The number of amides is 1.